The van der Waals surface area contributed by atoms with Gasteiger partial charge in [0.05, 0.1) is 29.9 Å². The Balaban J connectivity index is 1.52. The highest BCUT2D eigenvalue weighted by atomic mass is 35.5. The molecule has 1 aliphatic rings. The molecule has 1 heterocycles. The van der Waals surface area contributed by atoms with E-state index in [4.69, 9.17) is 37.4 Å². The fourth-order valence-electron chi connectivity index (χ4n) is 3.50. The highest BCUT2D eigenvalue weighted by Crippen LogP contribution is 2.36. The highest BCUT2D eigenvalue weighted by Gasteiger charge is 2.30. The fourth-order valence-corrected chi connectivity index (χ4v) is 4.95. The molecule has 3 aromatic carbocycles. The molecule has 0 atom stereocenters. The summed E-state index contributed by atoms with van der Waals surface area (Å²) >= 11 is 13.5. The Morgan fingerprint density at radius 3 is 2.47 bits per heavy atom. The van der Waals surface area contributed by atoms with Gasteiger partial charge in [-0.1, -0.05) is 35.3 Å². The molecule has 0 N–H and O–H groups in total. The van der Waals surface area contributed by atoms with Gasteiger partial charge in [-0.3, -0.25) is 9.69 Å². The van der Waals surface area contributed by atoms with Crippen LogP contribution in [-0.2, 0) is 16.1 Å². The van der Waals surface area contributed by atoms with E-state index in [-0.39, 0.29) is 12.5 Å². The standard InChI is InChI=1S/C28H24Cl2N2O5S/c1-4-36-24-13-17(5-12-23(24)37-16-19-6-9-20(29)15-22(19)30)14-25-26(33)32(2)28(38-25)31-21-10-7-18(8-11-21)27(34)35-3/h5-15H,4,16H2,1-3H3. The van der Waals surface area contributed by atoms with Crippen LogP contribution in [0, 0.1) is 0 Å². The number of aliphatic imine (C=N–C) groups is 1. The maximum atomic E-state index is 12.9. The van der Waals surface area contributed by atoms with Gasteiger partial charge in [-0.2, -0.15) is 0 Å². The number of halogens is 2. The molecule has 3 aromatic rings. The van der Waals surface area contributed by atoms with Gasteiger partial charge in [0.15, 0.2) is 16.7 Å². The first-order valence-corrected chi connectivity index (χ1v) is 13.1. The van der Waals surface area contributed by atoms with Crippen LogP contribution in [0.1, 0.15) is 28.4 Å². The van der Waals surface area contributed by atoms with E-state index in [0.29, 0.717) is 49.5 Å². The lowest BCUT2D eigenvalue weighted by Crippen LogP contribution is -2.23. The molecule has 1 aliphatic heterocycles. The van der Waals surface area contributed by atoms with Crippen molar-refractivity contribution in [2.24, 2.45) is 4.99 Å². The second-order valence-corrected chi connectivity index (χ2v) is 9.92. The number of hydrogen-bond acceptors (Lipinski definition) is 7. The summed E-state index contributed by atoms with van der Waals surface area (Å²) in [6.45, 7) is 2.58. The predicted molar refractivity (Wildman–Crippen MR) is 152 cm³/mol. The topological polar surface area (TPSA) is 77.4 Å². The normalized spacial score (nSPS) is 15.3. The van der Waals surface area contributed by atoms with Crippen LogP contribution in [0.5, 0.6) is 11.5 Å². The summed E-state index contributed by atoms with van der Waals surface area (Å²) in [5.74, 6) is 0.514. The number of esters is 1. The maximum Gasteiger partial charge on any atom is 0.337 e. The Morgan fingerprint density at radius 1 is 1.03 bits per heavy atom. The number of likely N-dealkylation sites (N-methyl/N-ethyl adjacent to an activating group) is 1. The number of nitrogens with zero attached hydrogens (tertiary/aromatic N) is 2. The number of benzene rings is 3. The summed E-state index contributed by atoms with van der Waals surface area (Å²) in [5.41, 5.74) is 2.61. The molecule has 196 valence electrons. The van der Waals surface area contributed by atoms with Gasteiger partial charge >= 0.3 is 5.97 Å². The van der Waals surface area contributed by atoms with Gasteiger partial charge in [-0.05, 0) is 78.9 Å². The highest BCUT2D eigenvalue weighted by molar-refractivity contribution is 8.18. The van der Waals surface area contributed by atoms with E-state index in [0.717, 1.165) is 11.1 Å². The van der Waals surface area contributed by atoms with E-state index in [1.165, 1.54) is 23.8 Å². The summed E-state index contributed by atoms with van der Waals surface area (Å²) in [6, 6.07) is 17.4. The van der Waals surface area contributed by atoms with Crippen LogP contribution in [0.3, 0.4) is 0 Å². The van der Waals surface area contributed by atoms with Gasteiger partial charge in [-0.25, -0.2) is 9.79 Å². The molecule has 0 saturated carbocycles. The number of hydrogen-bond donors (Lipinski definition) is 0. The van der Waals surface area contributed by atoms with E-state index in [2.05, 4.69) is 4.99 Å². The molecule has 0 aromatic heterocycles. The number of ether oxygens (including phenoxy) is 3. The quantitative estimate of drug-likeness (QED) is 0.214. The van der Waals surface area contributed by atoms with Crippen molar-refractivity contribution < 1.29 is 23.8 Å². The zero-order valence-corrected chi connectivity index (χ0v) is 23.2. The molecule has 0 bridgehead atoms. The third kappa shape index (κ3) is 6.51. The molecular formula is C28H24Cl2N2O5S. The lowest BCUT2D eigenvalue weighted by Gasteiger charge is -2.13. The lowest BCUT2D eigenvalue weighted by molar-refractivity contribution is -0.121. The number of amidine groups is 1. The molecular weight excluding hydrogens is 547 g/mol. The molecule has 38 heavy (non-hydrogen) atoms. The second-order valence-electron chi connectivity index (χ2n) is 8.07. The average molecular weight is 571 g/mol. The van der Waals surface area contributed by atoms with Crippen LogP contribution in [0.15, 0.2) is 70.6 Å². The molecule has 1 amide bonds. The van der Waals surface area contributed by atoms with Crippen LogP contribution >= 0.6 is 35.0 Å². The van der Waals surface area contributed by atoms with Gasteiger partial charge in [0.25, 0.3) is 5.91 Å². The van der Waals surface area contributed by atoms with Gasteiger partial charge < -0.3 is 14.2 Å². The summed E-state index contributed by atoms with van der Waals surface area (Å²) < 4.78 is 16.5. The molecule has 1 fully saturated rings. The number of rotatable bonds is 8. The van der Waals surface area contributed by atoms with E-state index in [1.54, 1.807) is 55.6 Å². The second kappa shape index (κ2) is 12.4. The third-order valence-electron chi connectivity index (χ3n) is 5.48. The summed E-state index contributed by atoms with van der Waals surface area (Å²) in [7, 11) is 3.00. The van der Waals surface area contributed by atoms with Crippen molar-refractivity contribution in [2.45, 2.75) is 13.5 Å². The van der Waals surface area contributed by atoms with Crippen molar-refractivity contribution in [3.05, 3.63) is 92.3 Å². The predicted octanol–water partition coefficient (Wildman–Crippen LogP) is 6.99. The average Bonchev–Trinajstić information content (AvgIpc) is 3.16. The van der Waals surface area contributed by atoms with Crippen molar-refractivity contribution in [3.63, 3.8) is 0 Å². The molecule has 1 saturated heterocycles. The summed E-state index contributed by atoms with van der Waals surface area (Å²) in [4.78, 5) is 31.1. The number of thioether (sulfide) groups is 1. The number of amides is 1. The third-order valence-corrected chi connectivity index (χ3v) is 7.13. The van der Waals surface area contributed by atoms with Crippen molar-refractivity contribution in [2.75, 3.05) is 20.8 Å². The lowest BCUT2D eigenvalue weighted by atomic mass is 10.1. The zero-order chi connectivity index (χ0) is 27.2. The van der Waals surface area contributed by atoms with Gasteiger partial charge in [0, 0.05) is 22.7 Å². The molecule has 0 spiro atoms. The van der Waals surface area contributed by atoms with Crippen molar-refractivity contribution >= 4 is 63.8 Å². The molecule has 4 rings (SSSR count). The number of carbonyl (C=O) groups is 2. The van der Waals surface area contributed by atoms with Crippen molar-refractivity contribution in [1.29, 1.82) is 0 Å². The molecule has 0 aliphatic carbocycles. The van der Waals surface area contributed by atoms with E-state index >= 15 is 0 Å². The Hall–Kier alpha value is -3.46. The van der Waals surface area contributed by atoms with Crippen LogP contribution in [0.2, 0.25) is 10.0 Å². The zero-order valence-electron chi connectivity index (χ0n) is 20.9. The summed E-state index contributed by atoms with van der Waals surface area (Å²) in [6.07, 6.45) is 1.79. The first kappa shape index (κ1) is 27.6. The van der Waals surface area contributed by atoms with Gasteiger partial charge in [-0.15, -0.1) is 0 Å². The Bertz CT molecular complexity index is 1420. The SMILES string of the molecule is CCOc1cc(C=C2SC(=Nc3ccc(C(=O)OC)cc3)N(C)C2=O)ccc1OCc1ccc(Cl)cc1Cl. The van der Waals surface area contributed by atoms with Gasteiger partial charge in [0.2, 0.25) is 0 Å². The molecule has 10 heteroatoms. The smallest absolute Gasteiger partial charge is 0.337 e. The maximum absolute atomic E-state index is 12.9. The van der Waals surface area contributed by atoms with Crippen LogP contribution in [0.4, 0.5) is 5.69 Å². The summed E-state index contributed by atoms with van der Waals surface area (Å²) in [5, 5.41) is 1.60. The van der Waals surface area contributed by atoms with Crippen molar-refractivity contribution in [3.8, 4) is 11.5 Å². The monoisotopic (exact) mass is 570 g/mol. The fraction of sp³-hybridized carbons (Fsp3) is 0.179. The Kier molecular flexibility index (Phi) is 8.99. The van der Waals surface area contributed by atoms with Crippen LogP contribution < -0.4 is 9.47 Å². The minimum Gasteiger partial charge on any atom is -0.490 e. The molecule has 0 unspecified atom stereocenters. The molecule has 7 nitrogen and oxygen atoms in total. The minimum absolute atomic E-state index is 0.171. The number of methoxy groups -OCH3 is 1. The number of carbonyl (C=O) groups excluding carboxylic acids is 2. The Labute approximate surface area is 235 Å². The first-order valence-electron chi connectivity index (χ1n) is 11.6. The van der Waals surface area contributed by atoms with Crippen LogP contribution in [0.25, 0.3) is 6.08 Å². The van der Waals surface area contributed by atoms with E-state index in [9.17, 15) is 9.59 Å². The largest absolute Gasteiger partial charge is 0.490 e. The first-order chi connectivity index (χ1) is 18.3. The molecule has 0 radical (unpaired) electrons. The van der Waals surface area contributed by atoms with Gasteiger partial charge in [0.1, 0.15) is 6.61 Å². The van der Waals surface area contributed by atoms with Crippen molar-refractivity contribution in [1.82, 2.24) is 4.90 Å². The van der Waals surface area contributed by atoms with Crippen LogP contribution in [-0.4, -0.2) is 42.7 Å². The van der Waals surface area contributed by atoms with E-state index in [1.807, 2.05) is 25.1 Å². The van der Waals surface area contributed by atoms with E-state index < -0.39 is 5.97 Å². The Morgan fingerprint density at radius 2 is 1.79 bits per heavy atom. The minimum atomic E-state index is -0.423.